The van der Waals surface area contributed by atoms with Crippen molar-refractivity contribution in [3.8, 4) is 5.75 Å². The number of hydrogen-bond donors (Lipinski definition) is 1. The molecule has 5 heteroatoms. The van der Waals surface area contributed by atoms with Gasteiger partial charge in [0.25, 0.3) is 5.91 Å². The highest BCUT2D eigenvalue weighted by molar-refractivity contribution is 6.32. The van der Waals surface area contributed by atoms with Crippen molar-refractivity contribution in [1.82, 2.24) is 5.43 Å². The van der Waals surface area contributed by atoms with Gasteiger partial charge in [0.2, 0.25) is 0 Å². The Hall–Kier alpha value is -3.11. The van der Waals surface area contributed by atoms with Crippen LogP contribution in [0.4, 0.5) is 0 Å². The third-order valence-corrected chi connectivity index (χ3v) is 4.39. The summed E-state index contributed by atoms with van der Waals surface area (Å²) >= 11 is 6.11. The number of nitrogens with one attached hydrogen (secondary N) is 1. The Morgan fingerprint density at radius 1 is 1.00 bits per heavy atom. The van der Waals surface area contributed by atoms with Crippen LogP contribution >= 0.6 is 11.6 Å². The van der Waals surface area contributed by atoms with Gasteiger partial charge in [-0.1, -0.05) is 72.3 Å². The maximum Gasteiger partial charge on any atom is 0.252 e. The molecule has 0 aromatic heterocycles. The van der Waals surface area contributed by atoms with Crippen LogP contribution in [0.3, 0.4) is 0 Å². The summed E-state index contributed by atoms with van der Waals surface area (Å²) in [4.78, 5) is 12.8. The van der Waals surface area contributed by atoms with Gasteiger partial charge in [0.1, 0.15) is 5.75 Å². The van der Waals surface area contributed by atoms with Gasteiger partial charge in [-0.2, -0.15) is 5.10 Å². The molecule has 0 unspecified atom stereocenters. The van der Waals surface area contributed by atoms with E-state index in [0.29, 0.717) is 10.8 Å². The van der Waals surface area contributed by atoms with Gasteiger partial charge in [-0.15, -0.1) is 0 Å². The Morgan fingerprint density at radius 3 is 2.11 bits per heavy atom. The van der Waals surface area contributed by atoms with Crippen LogP contribution in [0.5, 0.6) is 5.75 Å². The summed E-state index contributed by atoms with van der Waals surface area (Å²) in [6.07, 6.45) is 1.55. The van der Waals surface area contributed by atoms with E-state index in [2.05, 4.69) is 10.5 Å². The molecule has 0 fully saturated rings. The van der Waals surface area contributed by atoms with Gasteiger partial charge in [-0.3, -0.25) is 4.79 Å². The first-order valence-electron chi connectivity index (χ1n) is 8.45. The first kappa shape index (κ1) is 18.7. The predicted octanol–water partition coefficient (Wildman–Crippen LogP) is 4.63. The van der Waals surface area contributed by atoms with E-state index in [1.807, 2.05) is 66.7 Å². The number of ether oxygens (including phenoxy) is 1. The number of amides is 1. The summed E-state index contributed by atoms with van der Waals surface area (Å²) in [5.74, 6) is -0.0571. The lowest BCUT2D eigenvalue weighted by Gasteiger charge is -2.16. The third kappa shape index (κ3) is 4.74. The Balaban J connectivity index is 1.78. The Kier molecular flexibility index (Phi) is 6.23. The second-order valence-electron chi connectivity index (χ2n) is 5.88. The zero-order valence-corrected chi connectivity index (χ0v) is 15.6. The Bertz CT molecular complexity index is 888. The van der Waals surface area contributed by atoms with E-state index in [-0.39, 0.29) is 5.91 Å². The zero-order chi connectivity index (χ0) is 19.1. The van der Waals surface area contributed by atoms with Gasteiger partial charge in [0.15, 0.2) is 0 Å². The van der Waals surface area contributed by atoms with E-state index in [0.717, 1.165) is 16.7 Å². The smallest absolute Gasteiger partial charge is 0.252 e. The summed E-state index contributed by atoms with van der Waals surface area (Å²) in [6.45, 7) is 0. The molecule has 0 saturated heterocycles. The normalized spacial score (nSPS) is 10.9. The number of benzene rings is 3. The molecule has 0 bridgehead atoms. The van der Waals surface area contributed by atoms with Gasteiger partial charge in [0.05, 0.1) is 24.3 Å². The number of rotatable bonds is 6. The number of methoxy groups -OCH3 is 1. The van der Waals surface area contributed by atoms with Crippen molar-refractivity contribution in [2.75, 3.05) is 7.11 Å². The van der Waals surface area contributed by atoms with Crippen molar-refractivity contribution in [2.45, 2.75) is 5.92 Å². The van der Waals surface area contributed by atoms with Crippen LogP contribution < -0.4 is 10.2 Å². The van der Waals surface area contributed by atoms with Crippen LogP contribution in [0.2, 0.25) is 5.02 Å². The quantitative estimate of drug-likeness (QED) is 0.502. The summed E-state index contributed by atoms with van der Waals surface area (Å²) in [5, 5.41) is 4.57. The molecule has 0 aliphatic carbocycles. The predicted molar refractivity (Wildman–Crippen MR) is 108 cm³/mol. The molecule has 0 radical (unpaired) electrons. The van der Waals surface area contributed by atoms with Gasteiger partial charge in [-0.25, -0.2) is 5.43 Å². The van der Waals surface area contributed by atoms with E-state index in [9.17, 15) is 4.79 Å². The summed E-state index contributed by atoms with van der Waals surface area (Å²) < 4.78 is 5.13. The first-order valence-corrected chi connectivity index (χ1v) is 8.83. The van der Waals surface area contributed by atoms with E-state index in [1.54, 1.807) is 25.5 Å². The van der Waals surface area contributed by atoms with Crippen molar-refractivity contribution in [3.63, 3.8) is 0 Å². The number of halogens is 1. The molecule has 0 saturated carbocycles. The molecule has 0 atom stereocenters. The minimum absolute atomic E-state index is 0.205. The van der Waals surface area contributed by atoms with Gasteiger partial charge < -0.3 is 4.74 Å². The summed E-state index contributed by atoms with van der Waals surface area (Å²) in [5.41, 5.74) is 5.21. The molecule has 0 heterocycles. The molecule has 1 N–H and O–H groups in total. The molecule has 0 aliphatic rings. The van der Waals surface area contributed by atoms with Crippen LogP contribution in [-0.2, 0) is 4.79 Å². The fraction of sp³-hybridized carbons (Fsp3) is 0.0909. The standard InChI is InChI=1S/C22H19ClN2O2/c1-27-20-13-12-16(14-19(20)23)15-24-25-22(26)21(17-8-4-2-5-9-17)18-10-6-3-7-11-18/h2-15,21H,1H3,(H,25,26)/b24-15+. The largest absolute Gasteiger partial charge is 0.495 e. The van der Waals surface area contributed by atoms with Crippen molar-refractivity contribution < 1.29 is 9.53 Å². The van der Waals surface area contributed by atoms with E-state index in [4.69, 9.17) is 16.3 Å². The molecule has 27 heavy (non-hydrogen) atoms. The number of carbonyl (C=O) groups is 1. The minimum atomic E-state index is -0.441. The lowest BCUT2D eigenvalue weighted by Crippen LogP contribution is -2.26. The van der Waals surface area contributed by atoms with Crippen molar-refractivity contribution in [3.05, 3.63) is 101 Å². The number of nitrogens with zero attached hydrogens (tertiary/aromatic N) is 1. The highest BCUT2D eigenvalue weighted by Gasteiger charge is 2.22. The molecular formula is C22H19ClN2O2. The number of carbonyl (C=O) groups excluding carboxylic acids is 1. The van der Waals surface area contributed by atoms with Gasteiger partial charge in [0, 0.05) is 0 Å². The first-order chi connectivity index (χ1) is 13.2. The number of hydrogen-bond acceptors (Lipinski definition) is 3. The second-order valence-corrected chi connectivity index (χ2v) is 6.29. The SMILES string of the molecule is COc1ccc(/C=N/NC(=O)C(c2ccccc2)c2ccccc2)cc1Cl. The second kappa shape index (κ2) is 9.01. The van der Waals surface area contributed by atoms with Crippen LogP contribution in [0.1, 0.15) is 22.6 Å². The van der Waals surface area contributed by atoms with Gasteiger partial charge in [-0.05, 0) is 34.9 Å². The van der Waals surface area contributed by atoms with Crippen molar-refractivity contribution >= 4 is 23.7 Å². The highest BCUT2D eigenvalue weighted by Crippen LogP contribution is 2.25. The van der Waals surface area contributed by atoms with Crippen molar-refractivity contribution in [1.29, 1.82) is 0 Å². The van der Waals surface area contributed by atoms with Crippen LogP contribution in [0.15, 0.2) is 84.0 Å². The fourth-order valence-corrected chi connectivity index (χ4v) is 3.05. The number of hydrazone groups is 1. The summed E-state index contributed by atoms with van der Waals surface area (Å²) in [7, 11) is 1.56. The lowest BCUT2D eigenvalue weighted by atomic mass is 9.91. The van der Waals surface area contributed by atoms with Crippen LogP contribution in [-0.4, -0.2) is 19.2 Å². The molecule has 136 valence electrons. The van der Waals surface area contributed by atoms with Gasteiger partial charge >= 0.3 is 0 Å². The maximum absolute atomic E-state index is 12.8. The monoisotopic (exact) mass is 378 g/mol. The molecule has 0 aliphatic heterocycles. The van der Waals surface area contributed by atoms with Crippen molar-refractivity contribution in [2.24, 2.45) is 5.10 Å². The average Bonchev–Trinajstić information content (AvgIpc) is 2.70. The van der Waals surface area contributed by atoms with E-state index < -0.39 is 5.92 Å². The average molecular weight is 379 g/mol. The molecule has 4 nitrogen and oxygen atoms in total. The Labute approximate surface area is 163 Å². The molecular weight excluding hydrogens is 360 g/mol. The lowest BCUT2D eigenvalue weighted by molar-refractivity contribution is -0.121. The summed E-state index contributed by atoms with van der Waals surface area (Å²) in [6, 6.07) is 24.5. The Morgan fingerprint density at radius 2 is 1.59 bits per heavy atom. The molecule has 1 amide bonds. The maximum atomic E-state index is 12.8. The zero-order valence-electron chi connectivity index (χ0n) is 14.8. The fourth-order valence-electron chi connectivity index (χ4n) is 2.78. The third-order valence-electron chi connectivity index (χ3n) is 4.09. The minimum Gasteiger partial charge on any atom is -0.495 e. The van der Waals surface area contributed by atoms with Crippen LogP contribution in [0, 0.1) is 0 Å². The highest BCUT2D eigenvalue weighted by atomic mass is 35.5. The van der Waals surface area contributed by atoms with E-state index in [1.165, 1.54) is 0 Å². The topological polar surface area (TPSA) is 50.7 Å². The van der Waals surface area contributed by atoms with Crippen LogP contribution in [0.25, 0.3) is 0 Å². The molecule has 3 aromatic rings. The molecule has 3 rings (SSSR count). The molecule has 3 aromatic carbocycles. The van der Waals surface area contributed by atoms with E-state index >= 15 is 0 Å². The molecule has 0 spiro atoms.